The maximum atomic E-state index is 12.5. The van der Waals surface area contributed by atoms with E-state index in [1.807, 2.05) is 0 Å². The summed E-state index contributed by atoms with van der Waals surface area (Å²) >= 11 is 6.98. The molecule has 1 atom stereocenters. The first-order chi connectivity index (χ1) is 13.2. The summed E-state index contributed by atoms with van der Waals surface area (Å²) in [5.41, 5.74) is 0.847. The second kappa shape index (κ2) is 12.0. The lowest BCUT2D eigenvalue weighted by Crippen LogP contribution is -2.33. The highest BCUT2D eigenvalue weighted by atomic mass is 35.5. The Balaban J connectivity index is 2.71. The molecule has 10 heteroatoms. The lowest BCUT2D eigenvalue weighted by Gasteiger charge is -2.23. The van der Waals surface area contributed by atoms with Gasteiger partial charge in [-0.3, -0.25) is 15.2 Å². The Bertz CT molecular complexity index is 671. The van der Waals surface area contributed by atoms with Gasteiger partial charge in [0.1, 0.15) is 5.17 Å². The second-order valence-electron chi connectivity index (χ2n) is 5.84. The van der Waals surface area contributed by atoms with E-state index in [1.165, 1.54) is 11.1 Å². The zero-order valence-corrected chi connectivity index (χ0v) is 17.3. The van der Waals surface area contributed by atoms with Crippen molar-refractivity contribution in [2.45, 2.75) is 44.5 Å². The molecular formula is C18H24ClF3N4OS. The third kappa shape index (κ3) is 8.97. The Hall–Kier alpha value is -1.74. The molecule has 0 saturated carbocycles. The van der Waals surface area contributed by atoms with E-state index in [0.717, 1.165) is 11.8 Å². The van der Waals surface area contributed by atoms with Crippen molar-refractivity contribution in [1.29, 1.82) is 5.41 Å². The molecule has 156 valence electrons. The van der Waals surface area contributed by atoms with Gasteiger partial charge in [-0.2, -0.15) is 24.9 Å². The third-order valence-electron chi connectivity index (χ3n) is 3.75. The van der Waals surface area contributed by atoms with Gasteiger partial charge in [0.05, 0.1) is 24.0 Å². The molecule has 0 aromatic carbocycles. The molecule has 1 aromatic heterocycles. The number of alkyl halides is 3. The Kier molecular flexibility index (Phi) is 10.4. The Labute approximate surface area is 172 Å². The van der Waals surface area contributed by atoms with Gasteiger partial charge in [-0.1, -0.05) is 18.5 Å². The van der Waals surface area contributed by atoms with Crippen LogP contribution in [-0.2, 0) is 4.79 Å². The van der Waals surface area contributed by atoms with Gasteiger partial charge in [-0.15, -0.1) is 0 Å². The van der Waals surface area contributed by atoms with Crippen molar-refractivity contribution < 1.29 is 18.0 Å². The van der Waals surface area contributed by atoms with E-state index in [0.29, 0.717) is 12.1 Å². The molecule has 0 aliphatic heterocycles. The number of allylic oxidation sites excluding steroid dienone is 1. The van der Waals surface area contributed by atoms with Crippen LogP contribution in [0, 0.1) is 5.41 Å². The van der Waals surface area contributed by atoms with Gasteiger partial charge in [-0.25, -0.2) is 0 Å². The van der Waals surface area contributed by atoms with Crippen LogP contribution < -0.4 is 5.32 Å². The number of hydrogen-bond acceptors (Lipinski definition) is 5. The van der Waals surface area contributed by atoms with Crippen molar-refractivity contribution in [3.05, 3.63) is 36.4 Å². The lowest BCUT2D eigenvalue weighted by molar-refractivity contribution is -0.134. The predicted molar refractivity (Wildman–Crippen MR) is 109 cm³/mol. The van der Waals surface area contributed by atoms with Gasteiger partial charge in [0.15, 0.2) is 0 Å². The quantitative estimate of drug-likeness (QED) is 0.464. The topological polar surface area (TPSA) is 69.1 Å². The molecule has 1 unspecified atom stereocenters. The summed E-state index contributed by atoms with van der Waals surface area (Å²) in [6.45, 7) is 3.71. The van der Waals surface area contributed by atoms with E-state index < -0.39 is 17.8 Å². The van der Waals surface area contributed by atoms with Crippen molar-refractivity contribution in [3.63, 3.8) is 0 Å². The minimum absolute atomic E-state index is 0.0568. The van der Waals surface area contributed by atoms with E-state index >= 15 is 0 Å². The summed E-state index contributed by atoms with van der Waals surface area (Å²) in [4.78, 5) is 17.8. The van der Waals surface area contributed by atoms with E-state index in [1.54, 1.807) is 38.4 Å². The Morgan fingerprint density at radius 2 is 2.18 bits per heavy atom. The second-order valence-corrected chi connectivity index (χ2v) is 7.62. The molecule has 0 aliphatic rings. The van der Waals surface area contributed by atoms with E-state index in [2.05, 4.69) is 10.3 Å². The number of carbonyl (C=O) groups excluding carboxylic acids is 1. The average Bonchev–Trinajstić information content (AvgIpc) is 2.63. The minimum atomic E-state index is -4.21. The molecule has 2 N–H and O–H groups in total. The van der Waals surface area contributed by atoms with Crippen LogP contribution in [0.4, 0.5) is 18.9 Å². The van der Waals surface area contributed by atoms with Crippen molar-refractivity contribution >= 4 is 40.1 Å². The zero-order chi connectivity index (χ0) is 21.2. The van der Waals surface area contributed by atoms with Crippen LogP contribution in [-0.4, -0.2) is 44.7 Å². The number of nitrogens with one attached hydrogen (secondary N) is 2. The fourth-order valence-electron chi connectivity index (χ4n) is 2.37. The maximum absolute atomic E-state index is 12.5. The number of thioether (sulfide) groups is 1. The number of nitrogens with zero attached hydrogens (tertiary/aromatic N) is 2. The van der Waals surface area contributed by atoms with Gasteiger partial charge in [0.25, 0.3) is 0 Å². The first-order valence-corrected chi connectivity index (χ1v) is 10.2. The molecule has 28 heavy (non-hydrogen) atoms. The molecule has 0 spiro atoms. The Morgan fingerprint density at radius 3 is 2.68 bits per heavy atom. The maximum Gasteiger partial charge on any atom is 0.390 e. The van der Waals surface area contributed by atoms with Crippen molar-refractivity contribution in [2.75, 3.05) is 17.6 Å². The number of rotatable bonds is 11. The number of anilines is 1. The van der Waals surface area contributed by atoms with Crippen LogP contribution in [0.2, 0.25) is 0 Å². The fourth-order valence-corrected chi connectivity index (χ4v) is 3.69. The van der Waals surface area contributed by atoms with E-state index in [9.17, 15) is 18.0 Å². The lowest BCUT2D eigenvalue weighted by atomic mass is 10.2. The average molecular weight is 437 g/mol. The highest BCUT2D eigenvalue weighted by Crippen LogP contribution is 2.30. The third-order valence-corrected chi connectivity index (χ3v) is 5.36. The summed E-state index contributed by atoms with van der Waals surface area (Å²) < 4.78 is 37.6. The summed E-state index contributed by atoms with van der Waals surface area (Å²) in [7, 11) is 0. The fraction of sp³-hybridized carbons (Fsp3) is 0.500. The number of amides is 1. The first kappa shape index (κ1) is 24.3. The van der Waals surface area contributed by atoms with Crippen molar-refractivity contribution in [1.82, 2.24) is 9.88 Å². The van der Waals surface area contributed by atoms with Crippen LogP contribution in [0.5, 0.6) is 0 Å². The van der Waals surface area contributed by atoms with Crippen molar-refractivity contribution in [2.24, 2.45) is 0 Å². The predicted octanol–water partition coefficient (Wildman–Crippen LogP) is 5.25. The highest BCUT2D eigenvalue weighted by Gasteiger charge is 2.31. The molecule has 0 radical (unpaired) electrons. The zero-order valence-electron chi connectivity index (χ0n) is 15.7. The van der Waals surface area contributed by atoms with E-state index in [-0.39, 0.29) is 35.5 Å². The van der Waals surface area contributed by atoms with Gasteiger partial charge in [0.2, 0.25) is 5.91 Å². The van der Waals surface area contributed by atoms with Crippen LogP contribution in [0.25, 0.3) is 0 Å². The number of pyridine rings is 1. The van der Waals surface area contributed by atoms with Crippen LogP contribution >= 0.6 is 23.4 Å². The molecule has 1 rings (SSSR count). The smallest absolute Gasteiger partial charge is 0.358 e. The minimum Gasteiger partial charge on any atom is -0.358 e. The molecule has 5 nitrogen and oxygen atoms in total. The molecule has 0 bridgehead atoms. The molecule has 0 saturated heterocycles. The summed E-state index contributed by atoms with van der Waals surface area (Å²) in [6.07, 6.45) is -0.0162. The van der Waals surface area contributed by atoms with Crippen molar-refractivity contribution in [3.8, 4) is 0 Å². The molecule has 1 aromatic rings. The highest BCUT2D eigenvalue weighted by molar-refractivity contribution is 7.99. The van der Waals surface area contributed by atoms with Gasteiger partial charge in [0, 0.05) is 36.4 Å². The molecule has 0 aliphatic carbocycles. The Morgan fingerprint density at radius 1 is 1.46 bits per heavy atom. The first-order valence-electron chi connectivity index (χ1n) is 8.77. The molecule has 0 fully saturated rings. The van der Waals surface area contributed by atoms with Crippen LogP contribution in [0.3, 0.4) is 0 Å². The summed E-state index contributed by atoms with van der Waals surface area (Å²) in [5.74, 6) is -0.0374. The number of carbonyl (C=O) groups is 1. The van der Waals surface area contributed by atoms with E-state index in [4.69, 9.17) is 17.0 Å². The number of aromatic nitrogens is 1. The van der Waals surface area contributed by atoms with Crippen LogP contribution in [0.1, 0.15) is 33.1 Å². The monoisotopic (exact) mass is 436 g/mol. The summed E-state index contributed by atoms with van der Waals surface area (Å²) in [5, 5.41) is 9.78. The SMILES string of the molecule is CCC(CC(F)(F)F)SCCC(=O)N(CC)/C(=C/Nc1cccnc1)C(=N)Cl. The normalized spacial score (nSPS) is 13.1. The molecule has 1 heterocycles. The number of hydrogen-bond donors (Lipinski definition) is 2. The number of halogens is 4. The largest absolute Gasteiger partial charge is 0.390 e. The molecular weight excluding hydrogens is 413 g/mol. The van der Waals surface area contributed by atoms with Gasteiger partial charge >= 0.3 is 6.18 Å². The standard InChI is InChI=1S/C18H24ClF3N4OS/c1-3-14(10-18(20,21)22)28-9-7-16(27)26(4-2)15(17(19)23)12-25-13-6-5-8-24-11-13/h5-6,8,11-12,14,23,25H,3-4,7,9-10H2,1-2H3/b15-12+,23-17?. The van der Waals surface area contributed by atoms with Crippen LogP contribution in [0.15, 0.2) is 36.4 Å². The van der Waals surface area contributed by atoms with Gasteiger partial charge < -0.3 is 10.2 Å². The molecule has 1 amide bonds. The summed E-state index contributed by atoms with van der Waals surface area (Å²) in [6, 6.07) is 3.49. The van der Waals surface area contributed by atoms with Gasteiger partial charge in [-0.05, 0) is 25.5 Å².